The third-order valence-electron chi connectivity index (χ3n) is 1.22. The molecule has 1 rings (SSSR count). The van der Waals surface area contributed by atoms with Crippen molar-refractivity contribution in [2.45, 2.75) is 0 Å². The Morgan fingerprint density at radius 1 is 1.38 bits per heavy atom. The number of nitrogens with zero attached hydrogens (tertiary/aromatic N) is 3. The van der Waals surface area contributed by atoms with Gasteiger partial charge in [0.05, 0.1) is 0 Å². The van der Waals surface area contributed by atoms with Crippen molar-refractivity contribution in [1.29, 1.82) is 0 Å². The molecule has 0 bridgehead atoms. The summed E-state index contributed by atoms with van der Waals surface area (Å²) in [6.07, 6.45) is 0. The minimum Gasteiger partial charge on any atom is -0.278 e. The fraction of sp³-hybridized carbons (Fsp3) is 0. The summed E-state index contributed by atoms with van der Waals surface area (Å²) in [5.74, 6) is 3.98. The Morgan fingerprint density at radius 3 is 2.69 bits per heavy atom. The van der Waals surface area contributed by atoms with Gasteiger partial charge in [-0.25, -0.2) is 0 Å². The van der Waals surface area contributed by atoms with Crippen LogP contribution < -0.4 is 0 Å². The summed E-state index contributed by atoms with van der Waals surface area (Å²) >= 11 is 0. The first-order valence-electron chi connectivity index (χ1n) is 3.49. The average Bonchev–Trinajstić information content (AvgIpc) is 2.17. The van der Waals surface area contributed by atoms with E-state index in [-0.39, 0.29) is 0 Å². The number of hydrogen-bond donors (Lipinski definition) is 0. The summed E-state index contributed by atoms with van der Waals surface area (Å²) < 4.78 is 0. The Morgan fingerprint density at radius 2 is 2.08 bits per heavy atom. The molecule has 62 valence electrons. The number of amides is 1. The first-order chi connectivity index (χ1) is 6.33. The standard InChI is InChI=1S/C9H5N3O/c10-12-11-9(13)7-6-8-4-2-1-3-5-8/h1-5H. The molecule has 0 aliphatic rings. The molecular weight excluding hydrogens is 166 g/mol. The van der Waals surface area contributed by atoms with Crippen LogP contribution in [-0.2, 0) is 4.79 Å². The summed E-state index contributed by atoms with van der Waals surface area (Å²) in [5, 5.41) is 2.81. The van der Waals surface area contributed by atoms with E-state index >= 15 is 0 Å². The van der Waals surface area contributed by atoms with Gasteiger partial charge in [-0.3, -0.25) is 4.79 Å². The van der Waals surface area contributed by atoms with Crippen molar-refractivity contribution in [3.05, 3.63) is 46.3 Å². The van der Waals surface area contributed by atoms with Gasteiger partial charge in [-0.15, -0.1) is 0 Å². The van der Waals surface area contributed by atoms with E-state index in [4.69, 9.17) is 5.53 Å². The van der Waals surface area contributed by atoms with E-state index in [1.165, 1.54) is 0 Å². The van der Waals surface area contributed by atoms with Crippen LogP contribution in [0.3, 0.4) is 0 Å². The number of azide groups is 1. The molecule has 0 aliphatic heterocycles. The molecule has 0 N–H and O–H groups in total. The maximum Gasteiger partial charge on any atom is 0.292 e. The summed E-state index contributed by atoms with van der Waals surface area (Å²) in [7, 11) is 0. The molecule has 1 amide bonds. The minimum absolute atomic E-state index is 0.712. The van der Waals surface area contributed by atoms with E-state index in [1.54, 1.807) is 12.1 Å². The van der Waals surface area contributed by atoms with Gasteiger partial charge in [-0.05, 0) is 28.7 Å². The zero-order valence-corrected chi connectivity index (χ0v) is 6.64. The van der Waals surface area contributed by atoms with E-state index in [0.29, 0.717) is 5.56 Å². The highest BCUT2D eigenvalue weighted by molar-refractivity contribution is 5.94. The second-order valence-electron chi connectivity index (χ2n) is 2.11. The lowest BCUT2D eigenvalue weighted by Crippen LogP contribution is -1.83. The smallest absolute Gasteiger partial charge is 0.278 e. The lowest BCUT2D eigenvalue weighted by molar-refractivity contribution is -0.112. The normalized spacial score (nSPS) is 7.69. The van der Waals surface area contributed by atoms with Crippen molar-refractivity contribution in [2.75, 3.05) is 0 Å². The molecule has 0 unspecified atom stereocenters. The van der Waals surface area contributed by atoms with Crippen molar-refractivity contribution >= 4 is 5.91 Å². The van der Waals surface area contributed by atoms with Crippen molar-refractivity contribution in [1.82, 2.24) is 0 Å². The van der Waals surface area contributed by atoms with E-state index in [1.807, 2.05) is 18.2 Å². The zero-order valence-electron chi connectivity index (χ0n) is 6.64. The van der Waals surface area contributed by atoms with Gasteiger partial charge in [-0.2, -0.15) is 0 Å². The van der Waals surface area contributed by atoms with Crippen LogP contribution in [0, 0.1) is 11.8 Å². The molecule has 0 atom stereocenters. The van der Waals surface area contributed by atoms with E-state index in [0.717, 1.165) is 0 Å². The lowest BCUT2D eigenvalue weighted by atomic mass is 10.2. The van der Waals surface area contributed by atoms with Crippen molar-refractivity contribution in [3.63, 3.8) is 0 Å². The van der Waals surface area contributed by atoms with Crippen LogP contribution >= 0.6 is 0 Å². The van der Waals surface area contributed by atoms with Gasteiger partial charge >= 0.3 is 0 Å². The predicted molar refractivity (Wildman–Crippen MR) is 47.5 cm³/mol. The highest BCUT2D eigenvalue weighted by Gasteiger charge is 1.87. The van der Waals surface area contributed by atoms with Gasteiger partial charge in [0, 0.05) is 10.5 Å². The fourth-order valence-corrected chi connectivity index (χ4v) is 0.713. The lowest BCUT2D eigenvalue weighted by Gasteiger charge is -1.84. The molecule has 4 heteroatoms. The first-order valence-corrected chi connectivity index (χ1v) is 3.49. The minimum atomic E-state index is -0.772. The molecule has 0 fully saturated rings. The second-order valence-corrected chi connectivity index (χ2v) is 2.11. The Bertz CT molecular complexity index is 407. The summed E-state index contributed by atoms with van der Waals surface area (Å²) in [6.45, 7) is 0. The Kier molecular flexibility index (Phi) is 3.13. The maximum absolute atomic E-state index is 10.6. The monoisotopic (exact) mass is 171 g/mol. The van der Waals surface area contributed by atoms with Crippen LogP contribution in [0.25, 0.3) is 10.4 Å². The van der Waals surface area contributed by atoms with Crippen LogP contribution in [0.4, 0.5) is 0 Å². The molecule has 0 aliphatic carbocycles. The molecule has 0 saturated heterocycles. The van der Waals surface area contributed by atoms with Gasteiger partial charge in [0.15, 0.2) is 0 Å². The first kappa shape index (κ1) is 8.85. The van der Waals surface area contributed by atoms with Gasteiger partial charge in [0.25, 0.3) is 5.91 Å². The number of benzene rings is 1. The number of hydrogen-bond acceptors (Lipinski definition) is 1. The van der Waals surface area contributed by atoms with Crippen LogP contribution in [0.5, 0.6) is 0 Å². The van der Waals surface area contributed by atoms with Gasteiger partial charge < -0.3 is 0 Å². The highest BCUT2D eigenvalue weighted by Crippen LogP contribution is 1.94. The average molecular weight is 171 g/mol. The molecule has 0 heterocycles. The number of carbonyl (C=O) groups excluding carboxylic acids is 1. The van der Waals surface area contributed by atoms with Crippen LogP contribution in [0.2, 0.25) is 0 Å². The molecule has 0 aromatic heterocycles. The molecule has 0 radical (unpaired) electrons. The topological polar surface area (TPSA) is 65.8 Å². The molecular formula is C9H5N3O. The van der Waals surface area contributed by atoms with E-state index < -0.39 is 5.91 Å². The van der Waals surface area contributed by atoms with Gasteiger partial charge in [0.1, 0.15) is 0 Å². The molecule has 0 spiro atoms. The Labute approximate surface area is 74.8 Å². The van der Waals surface area contributed by atoms with Crippen LogP contribution in [0.1, 0.15) is 5.56 Å². The SMILES string of the molecule is [N-]=[N+]=NC(=O)C#Cc1ccccc1. The molecule has 13 heavy (non-hydrogen) atoms. The molecule has 0 saturated carbocycles. The number of carbonyl (C=O) groups is 1. The Hall–Kier alpha value is -2.24. The van der Waals surface area contributed by atoms with Crippen molar-refractivity contribution in [3.8, 4) is 11.8 Å². The van der Waals surface area contributed by atoms with Gasteiger partial charge in [-0.1, -0.05) is 24.1 Å². The second kappa shape index (κ2) is 4.60. The van der Waals surface area contributed by atoms with Gasteiger partial charge in [0.2, 0.25) is 0 Å². The zero-order chi connectivity index (χ0) is 9.52. The summed E-state index contributed by atoms with van der Waals surface area (Å²) in [5.41, 5.74) is 8.62. The van der Waals surface area contributed by atoms with E-state index in [9.17, 15) is 4.79 Å². The largest absolute Gasteiger partial charge is 0.292 e. The van der Waals surface area contributed by atoms with E-state index in [2.05, 4.69) is 21.9 Å². The third kappa shape index (κ3) is 3.10. The fourth-order valence-electron chi connectivity index (χ4n) is 0.713. The third-order valence-corrected chi connectivity index (χ3v) is 1.22. The quantitative estimate of drug-likeness (QED) is 0.254. The summed E-state index contributed by atoms with van der Waals surface area (Å²) in [6, 6.07) is 8.98. The van der Waals surface area contributed by atoms with Crippen molar-refractivity contribution in [2.24, 2.45) is 5.11 Å². The van der Waals surface area contributed by atoms with Crippen LogP contribution in [-0.4, -0.2) is 5.91 Å². The molecule has 1 aromatic rings. The predicted octanol–water partition coefficient (Wildman–Crippen LogP) is 1.87. The Balaban J connectivity index is 2.79. The molecule has 1 aromatic carbocycles. The summed E-state index contributed by atoms with van der Waals surface area (Å²) in [4.78, 5) is 12.9. The van der Waals surface area contributed by atoms with Crippen molar-refractivity contribution < 1.29 is 4.79 Å². The molecule has 4 nitrogen and oxygen atoms in total. The number of rotatable bonds is 0. The van der Waals surface area contributed by atoms with Crippen LogP contribution in [0.15, 0.2) is 35.4 Å². The maximum atomic E-state index is 10.6. The highest BCUT2D eigenvalue weighted by atomic mass is 16.1.